The highest BCUT2D eigenvalue weighted by atomic mass is 32.1. The van der Waals surface area contributed by atoms with Gasteiger partial charge < -0.3 is 15.0 Å². The van der Waals surface area contributed by atoms with Crippen molar-refractivity contribution in [3.63, 3.8) is 0 Å². The number of thiazole rings is 1. The number of anilines is 1. The zero-order valence-corrected chi connectivity index (χ0v) is 17.2. The number of carbonyl (C=O) groups is 2. The number of hydrogen-bond acceptors (Lipinski definition) is 5. The highest BCUT2D eigenvalue weighted by molar-refractivity contribution is 7.13. The average molecular weight is 410 g/mol. The minimum absolute atomic E-state index is 0.0682. The summed E-state index contributed by atoms with van der Waals surface area (Å²) in [4.78, 5) is 31.1. The van der Waals surface area contributed by atoms with Crippen molar-refractivity contribution in [1.82, 2.24) is 9.88 Å². The van der Waals surface area contributed by atoms with E-state index < -0.39 is 0 Å². The van der Waals surface area contributed by atoms with Crippen LogP contribution in [0, 0.1) is 6.92 Å². The molecule has 0 aliphatic carbocycles. The van der Waals surface area contributed by atoms with Crippen molar-refractivity contribution in [1.29, 1.82) is 0 Å². The van der Waals surface area contributed by atoms with Gasteiger partial charge in [-0.1, -0.05) is 42.5 Å². The Kier molecular flexibility index (Phi) is 7.10. The first kappa shape index (κ1) is 20.7. The number of carbonyl (C=O) groups excluding carboxylic acids is 2. The summed E-state index contributed by atoms with van der Waals surface area (Å²) in [5.41, 5.74) is 3.48. The number of ether oxygens (including phenoxy) is 1. The van der Waals surface area contributed by atoms with Crippen molar-refractivity contribution in [3.05, 3.63) is 71.2 Å². The van der Waals surface area contributed by atoms with Gasteiger partial charge in [0.15, 0.2) is 5.13 Å². The van der Waals surface area contributed by atoms with E-state index in [1.54, 1.807) is 19.2 Å². The number of aromatic nitrogens is 1. The van der Waals surface area contributed by atoms with E-state index in [2.05, 4.69) is 10.3 Å². The number of rotatable bonds is 8. The molecule has 1 heterocycles. The molecule has 0 aliphatic heterocycles. The highest BCUT2D eigenvalue weighted by Crippen LogP contribution is 2.20. The van der Waals surface area contributed by atoms with Crippen LogP contribution < -0.4 is 5.32 Å². The van der Waals surface area contributed by atoms with Crippen LogP contribution in [-0.2, 0) is 9.53 Å². The summed E-state index contributed by atoms with van der Waals surface area (Å²) in [6.07, 6.45) is 0. The van der Waals surface area contributed by atoms with Gasteiger partial charge in [-0.05, 0) is 30.2 Å². The maximum atomic E-state index is 13.0. The minimum atomic E-state index is -0.287. The number of nitrogens with one attached hydrogen (secondary N) is 1. The molecule has 3 rings (SSSR count). The first-order valence-corrected chi connectivity index (χ1v) is 10.1. The summed E-state index contributed by atoms with van der Waals surface area (Å²) in [6, 6.07) is 17.4. The summed E-state index contributed by atoms with van der Waals surface area (Å²) in [7, 11) is 1.57. The van der Waals surface area contributed by atoms with Crippen LogP contribution in [0.5, 0.6) is 0 Å². The number of nitrogens with zero attached hydrogens (tertiary/aromatic N) is 2. The molecule has 0 aliphatic rings. The molecule has 6 nitrogen and oxygen atoms in total. The number of hydrogen-bond donors (Lipinski definition) is 1. The molecule has 0 saturated carbocycles. The molecular formula is C22H23N3O3S. The predicted molar refractivity (Wildman–Crippen MR) is 115 cm³/mol. The van der Waals surface area contributed by atoms with Crippen LogP contribution in [0.25, 0.3) is 11.1 Å². The fraction of sp³-hybridized carbons (Fsp3) is 0.227. The van der Waals surface area contributed by atoms with Gasteiger partial charge in [-0.2, -0.15) is 0 Å². The Morgan fingerprint density at radius 2 is 1.76 bits per heavy atom. The van der Waals surface area contributed by atoms with Crippen molar-refractivity contribution < 1.29 is 14.3 Å². The van der Waals surface area contributed by atoms with Crippen LogP contribution in [0.3, 0.4) is 0 Å². The Bertz CT molecular complexity index is 955. The third-order valence-electron chi connectivity index (χ3n) is 4.29. The smallest absolute Gasteiger partial charge is 0.254 e. The van der Waals surface area contributed by atoms with Crippen LogP contribution >= 0.6 is 11.3 Å². The van der Waals surface area contributed by atoms with Gasteiger partial charge in [-0.3, -0.25) is 9.59 Å². The zero-order valence-electron chi connectivity index (χ0n) is 16.4. The molecule has 0 spiro atoms. The van der Waals surface area contributed by atoms with Gasteiger partial charge in [0, 0.05) is 24.6 Å². The monoisotopic (exact) mass is 409 g/mol. The number of benzene rings is 2. The molecular weight excluding hydrogens is 386 g/mol. The lowest BCUT2D eigenvalue weighted by Gasteiger charge is -2.22. The molecule has 2 amide bonds. The Balaban J connectivity index is 1.70. The second-order valence-electron chi connectivity index (χ2n) is 6.51. The number of aryl methyl sites for hydroxylation is 1. The van der Waals surface area contributed by atoms with Gasteiger partial charge in [0.2, 0.25) is 5.91 Å². The van der Waals surface area contributed by atoms with Crippen LogP contribution in [0.2, 0.25) is 0 Å². The third kappa shape index (κ3) is 5.73. The van der Waals surface area contributed by atoms with Gasteiger partial charge in [0.25, 0.3) is 5.91 Å². The summed E-state index contributed by atoms with van der Waals surface area (Å²) < 4.78 is 5.10. The number of methoxy groups -OCH3 is 1. The Morgan fingerprint density at radius 3 is 2.38 bits per heavy atom. The summed E-state index contributed by atoms with van der Waals surface area (Å²) in [5.74, 6) is -0.503. The molecule has 0 atom stereocenters. The largest absolute Gasteiger partial charge is 0.383 e. The second kappa shape index (κ2) is 9.95. The SMILES string of the molecule is COCCN(CC(=O)Nc1nc(C)cs1)C(=O)c1ccc(-c2ccccc2)cc1. The van der Waals surface area contributed by atoms with E-state index >= 15 is 0 Å². The van der Waals surface area contributed by atoms with E-state index in [1.807, 2.05) is 54.8 Å². The Morgan fingerprint density at radius 1 is 1.07 bits per heavy atom. The van der Waals surface area contributed by atoms with Gasteiger partial charge in [-0.25, -0.2) is 4.98 Å². The molecule has 0 fully saturated rings. The first-order chi connectivity index (χ1) is 14.1. The normalized spacial score (nSPS) is 10.6. The third-order valence-corrected chi connectivity index (χ3v) is 5.17. The molecule has 0 unspecified atom stereocenters. The average Bonchev–Trinajstić information content (AvgIpc) is 3.15. The van der Waals surface area contributed by atoms with Gasteiger partial charge >= 0.3 is 0 Å². The molecule has 1 N–H and O–H groups in total. The van der Waals surface area contributed by atoms with E-state index in [4.69, 9.17) is 4.74 Å². The molecule has 0 saturated heterocycles. The first-order valence-electron chi connectivity index (χ1n) is 9.22. The molecule has 0 radical (unpaired) electrons. The van der Waals surface area contributed by atoms with Crippen molar-refractivity contribution in [2.75, 3.05) is 32.1 Å². The maximum Gasteiger partial charge on any atom is 0.254 e. The maximum absolute atomic E-state index is 13.0. The van der Waals surface area contributed by atoms with Gasteiger partial charge in [0.1, 0.15) is 6.54 Å². The van der Waals surface area contributed by atoms with Crippen LogP contribution in [0.1, 0.15) is 16.1 Å². The molecule has 7 heteroatoms. The topological polar surface area (TPSA) is 71.5 Å². The van der Waals surface area contributed by atoms with E-state index in [9.17, 15) is 9.59 Å². The fourth-order valence-corrected chi connectivity index (χ4v) is 3.52. The van der Waals surface area contributed by atoms with Gasteiger partial charge in [-0.15, -0.1) is 11.3 Å². The lowest BCUT2D eigenvalue weighted by molar-refractivity contribution is -0.117. The quantitative estimate of drug-likeness (QED) is 0.614. The van der Waals surface area contributed by atoms with E-state index in [1.165, 1.54) is 16.2 Å². The number of amides is 2. The molecule has 0 bridgehead atoms. The lowest BCUT2D eigenvalue weighted by Crippen LogP contribution is -2.40. The molecule has 1 aromatic heterocycles. The molecule has 150 valence electrons. The van der Waals surface area contributed by atoms with Crippen LogP contribution in [0.15, 0.2) is 60.0 Å². The summed E-state index contributed by atoms with van der Waals surface area (Å²) in [6.45, 7) is 2.46. The molecule has 29 heavy (non-hydrogen) atoms. The summed E-state index contributed by atoms with van der Waals surface area (Å²) in [5, 5.41) is 5.13. The zero-order chi connectivity index (χ0) is 20.6. The van der Waals surface area contributed by atoms with E-state index in [-0.39, 0.29) is 18.4 Å². The molecule has 3 aromatic rings. The van der Waals surface area contributed by atoms with Gasteiger partial charge in [0.05, 0.1) is 12.3 Å². The highest BCUT2D eigenvalue weighted by Gasteiger charge is 2.19. The van der Waals surface area contributed by atoms with Crippen LogP contribution in [0.4, 0.5) is 5.13 Å². The molecule has 2 aromatic carbocycles. The van der Waals surface area contributed by atoms with Crippen molar-refractivity contribution >= 4 is 28.3 Å². The van der Waals surface area contributed by atoms with E-state index in [0.717, 1.165) is 16.8 Å². The lowest BCUT2D eigenvalue weighted by atomic mass is 10.0. The van der Waals surface area contributed by atoms with Crippen LogP contribution in [-0.4, -0.2) is 48.5 Å². The van der Waals surface area contributed by atoms with Crippen molar-refractivity contribution in [2.45, 2.75) is 6.92 Å². The second-order valence-corrected chi connectivity index (χ2v) is 7.36. The minimum Gasteiger partial charge on any atom is -0.383 e. The predicted octanol–water partition coefficient (Wildman–Crippen LogP) is 3.85. The Hall–Kier alpha value is -3.03. The Labute approximate surface area is 174 Å². The standard InChI is InChI=1S/C22H23N3O3S/c1-16-15-29-22(23-16)24-20(26)14-25(12-13-28-2)21(27)19-10-8-18(9-11-19)17-6-4-3-5-7-17/h3-11,15H,12-14H2,1-2H3,(H,23,24,26). The summed E-state index contributed by atoms with van der Waals surface area (Å²) >= 11 is 1.36. The van der Waals surface area contributed by atoms with Crippen molar-refractivity contribution in [2.24, 2.45) is 0 Å². The fourth-order valence-electron chi connectivity index (χ4n) is 2.82. The van der Waals surface area contributed by atoms with Crippen molar-refractivity contribution in [3.8, 4) is 11.1 Å². The van der Waals surface area contributed by atoms with E-state index in [0.29, 0.717) is 23.8 Å².